The zero-order valence-corrected chi connectivity index (χ0v) is 13.0. The molecule has 0 fully saturated rings. The topological polar surface area (TPSA) is 27.7 Å². The maximum atomic E-state index is 5.22. The summed E-state index contributed by atoms with van der Waals surface area (Å²) < 4.78 is 15.3. The fraction of sp³-hybridized carbons (Fsp3) is 0.529. The normalized spacial score (nSPS) is 12.0. The van der Waals surface area contributed by atoms with Crippen LogP contribution in [0.25, 0.3) is 0 Å². The Morgan fingerprint density at radius 3 is 2.35 bits per heavy atom. The van der Waals surface area contributed by atoms with Crippen LogP contribution in [-0.4, -0.2) is 27.1 Å². The quantitative estimate of drug-likeness (QED) is 0.412. The average Bonchev–Trinajstić information content (AvgIpc) is 2.41. The molecule has 0 bridgehead atoms. The van der Waals surface area contributed by atoms with E-state index in [9.17, 15) is 0 Å². The lowest BCUT2D eigenvalue weighted by Gasteiger charge is -2.18. The minimum Gasteiger partial charge on any atom is -0.475 e. The molecule has 0 aliphatic rings. The minimum absolute atomic E-state index is 0.205. The van der Waals surface area contributed by atoms with Crippen LogP contribution in [0.1, 0.15) is 31.9 Å². The SMILES string of the molecule is COCCOCO/C=C\Cc1ccc(C(C)(C)C)cc1. The molecule has 0 radical (unpaired) electrons. The molecule has 112 valence electrons. The summed E-state index contributed by atoms with van der Waals surface area (Å²) in [5, 5.41) is 0. The second-order valence-corrected chi connectivity index (χ2v) is 5.71. The zero-order valence-electron chi connectivity index (χ0n) is 13.0. The first-order valence-corrected chi connectivity index (χ1v) is 6.97. The van der Waals surface area contributed by atoms with Crippen molar-refractivity contribution in [1.82, 2.24) is 0 Å². The van der Waals surface area contributed by atoms with Crippen LogP contribution >= 0.6 is 0 Å². The first-order chi connectivity index (χ1) is 9.54. The summed E-state index contributed by atoms with van der Waals surface area (Å²) in [5.41, 5.74) is 2.84. The summed E-state index contributed by atoms with van der Waals surface area (Å²) in [4.78, 5) is 0. The van der Waals surface area contributed by atoms with E-state index in [1.165, 1.54) is 11.1 Å². The van der Waals surface area contributed by atoms with Gasteiger partial charge in [0.05, 0.1) is 19.5 Å². The Bertz CT molecular complexity index is 388. The Kier molecular flexibility index (Phi) is 7.34. The predicted molar refractivity (Wildman–Crippen MR) is 81.8 cm³/mol. The number of hydrogen-bond acceptors (Lipinski definition) is 3. The van der Waals surface area contributed by atoms with Gasteiger partial charge in [0.25, 0.3) is 0 Å². The van der Waals surface area contributed by atoms with Gasteiger partial charge in [0.2, 0.25) is 0 Å². The predicted octanol–water partition coefficient (Wildman–Crippen LogP) is 3.68. The van der Waals surface area contributed by atoms with Crippen LogP contribution in [0.3, 0.4) is 0 Å². The number of benzene rings is 1. The highest BCUT2D eigenvalue weighted by molar-refractivity contribution is 5.28. The number of rotatable bonds is 8. The Balaban J connectivity index is 2.25. The third kappa shape index (κ3) is 6.73. The fourth-order valence-corrected chi connectivity index (χ4v) is 1.68. The number of methoxy groups -OCH3 is 1. The number of allylic oxidation sites excluding steroid dienone is 1. The van der Waals surface area contributed by atoms with Crippen molar-refractivity contribution in [3.63, 3.8) is 0 Å². The van der Waals surface area contributed by atoms with E-state index in [1.807, 2.05) is 6.08 Å². The van der Waals surface area contributed by atoms with Gasteiger partial charge in [0, 0.05) is 7.11 Å². The van der Waals surface area contributed by atoms with Gasteiger partial charge in [0.15, 0.2) is 6.79 Å². The largest absolute Gasteiger partial charge is 0.475 e. The van der Waals surface area contributed by atoms with E-state index in [0.29, 0.717) is 13.2 Å². The molecule has 0 atom stereocenters. The molecule has 0 aliphatic carbocycles. The molecule has 0 amide bonds. The zero-order chi connectivity index (χ0) is 14.8. The molecule has 3 heteroatoms. The summed E-state index contributed by atoms with van der Waals surface area (Å²) in [5.74, 6) is 0. The molecular weight excluding hydrogens is 252 g/mol. The van der Waals surface area contributed by atoms with Gasteiger partial charge >= 0.3 is 0 Å². The summed E-state index contributed by atoms with van der Waals surface area (Å²) in [6, 6.07) is 8.72. The van der Waals surface area contributed by atoms with E-state index in [2.05, 4.69) is 45.0 Å². The van der Waals surface area contributed by atoms with Crippen LogP contribution in [0.4, 0.5) is 0 Å². The standard InChI is InChI=1S/C17H26O3/c1-17(2,3)16-9-7-15(8-10-16)6-5-11-19-14-20-13-12-18-4/h5,7-11H,6,12-14H2,1-4H3/b11-5-. The van der Waals surface area contributed by atoms with Crippen molar-refractivity contribution in [2.75, 3.05) is 27.1 Å². The van der Waals surface area contributed by atoms with Gasteiger partial charge in [0.1, 0.15) is 0 Å². The number of ether oxygens (including phenoxy) is 3. The smallest absolute Gasteiger partial charge is 0.188 e. The summed E-state index contributed by atoms with van der Waals surface area (Å²) >= 11 is 0. The molecule has 1 aromatic rings. The molecule has 0 aromatic heterocycles. The van der Waals surface area contributed by atoms with Crippen molar-refractivity contribution in [2.45, 2.75) is 32.6 Å². The lowest BCUT2D eigenvalue weighted by atomic mass is 9.86. The van der Waals surface area contributed by atoms with Gasteiger partial charge in [-0.3, -0.25) is 0 Å². The molecule has 0 spiro atoms. The lowest BCUT2D eigenvalue weighted by Crippen LogP contribution is -2.10. The van der Waals surface area contributed by atoms with Crippen LogP contribution < -0.4 is 0 Å². The molecule has 20 heavy (non-hydrogen) atoms. The Hall–Kier alpha value is -1.32. The molecule has 0 saturated heterocycles. The molecule has 1 aromatic carbocycles. The molecule has 0 N–H and O–H groups in total. The van der Waals surface area contributed by atoms with Crippen LogP contribution in [0.5, 0.6) is 0 Å². The van der Waals surface area contributed by atoms with Gasteiger partial charge in [-0.15, -0.1) is 0 Å². The van der Waals surface area contributed by atoms with E-state index >= 15 is 0 Å². The first-order valence-electron chi connectivity index (χ1n) is 6.97. The molecule has 1 rings (SSSR count). The van der Waals surface area contributed by atoms with E-state index in [4.69, 9.17) is 14.2 Å². The Labute approximate surface area is 122 Å². The van der Waals surface area contributed by atoms with Gasteiger partial charge in [-0.25, -0.2) is 0 Å². The van der Waals surface area contributed by atoms with Gasteiger partial charge < -0.3 is 14.2 Å². The van der Waals surface area contributed by atoms with Crippen LogP contribution in [0.15, 0.2) is 36.6 Å². The van der Waals surface area contributed by atoms with Crippen molar-refractivity contribution in [1.29, 1.82) is 0 Å². The van der Waals surface area contributed by atoms with Crippen LogP contribution in [-0.2, 0) is 26.0 Å². The van der Waals surface area contributed by atoms with Crippen molar-refractivity contribution < 1.29 is 14.2 Å². The summed E-state index contributed by atoms with van der Waals surface area (Å²) in [6.45, 7) is 8.08. The molecule has 0 unspecified atom stereocenters. The van der Waals surface area contributed by atoms with Crippen LogP contribution in [0, 0.1) is 0 Å². The molecule has 3 nitrogen and oxygen atoms in total. The maximum absolute atomic E-state index is 5.22. The lowest BCUT2D eigenvalue weighted by molar-refractivity contribution is -0.0299. The fourth-order valence-electron chi connectivity index (χ4n) is 1.68. The molecule has 0 saturated carbocycles. The maximum Gasteiger partial charge on any atom is 0.188 e. The number of hydrogen-bond donors (Lipinski definition) is 0. The molecular formula is C17H26O3. The second kappa shape index (κ2) is 8.77. The third-order valence-corrected chi connectivity index (χ3v) is 2.95. The molecule has 0 aliphatic heterocycles. The highest BCUT2D eigenvalue weighted by Crippen LogP contribution is 2.22. The highest BCUT2D eigenvalue weighted by Gasteiger charge is 2.12. The van der Waals surface area contributed by atoms with E-state index in [-0.39, 0.29) is 12.2 Å². The van der Waals surface area contributed by atoms with Crippen molar-refractivity contribution in [3.8, 4) is 0 Å². The second-order valence-electron chi connectivity index (χ2n) is 5.71. The van der Waals surface area contributed by atoms with Gasteiger partial charge in [-0.2, -0.15) is 0 Å². The van der Waals surface area contributed by atoms with Gasteiger partial charge in [-0.1, -0.05) is 45.0 Å². The van der Waals surface area contributed by atoms with Crippen LogP contribution in [0.2, 0.25) is 0 Å². The molecule has 0 heterocycles. The average molecular weight is 278 g/mol. The first kappa shape index (κ1) is 16.7. The van der Waals surface area contributed by atoms with E-state index in [0.717, 1.165) is 6.42 Å². The van der Waals surface area contributed by atoms with Crippen molar-refractivity contribution in [2.24, 2.45) is 0 Å². The minimum atomic E-state index is 0.205. The van der Waals surface area contributed by atoms with E-state index < -0.39 is 0 Å². The highest BCUT2D eigenvalue weighted by atomic mass is 16.7. The summed E-state index contributed by atoms with van der Waals surface area (Å²) in [6.07, 6.45) is 4.54. The Morgan fingerprint density at radius 2 is 1.75 bits per heavy atom. The van der Waals surface area contributed by atoms with Gasteiger partial charge in [-0.05, 0) is 29.0 Å². The summed E-state index contributed by atoms with van der Waals surface area (Å²) in [7, 11) is 1.65. The third-order valence-electron chi connectivity index (χ3n) is 2.95. The Morgan fingerprint density at radius 1 is 1.05 bits per heavy atom. The van der Waals surface area contributed by atoms with E-state index in [1.54, 1.807) is 13.4 Å². The van der Waals surface area contributed by atoms with Crippen molar-refractivity contribution >= 4 is 0 Å². The van der Waals surface area contributed by atoms with Crippen molar-refractivity contribution in [3.05, 3.63) is 47.7 Å². The monoisotopic (exact) mass is 278 g/mol.